The predicted molar refractivity (Wildman–Crippen MR) is 124 cm³/mol. The molecule has 0 fully saturated rings. The minimum Gasteiger partial charge on any atom is -0.354 e. The summed E-state index contributed by atoms with van der Waals surface area (Å²) in [7, 11) is 2.27. The Hall–Kier alpha value is -1.35. The Balaban J connectivity index is 2.49. The summed E-state index contributed by atoms with van der Waals surface area (Å²) in [6.07, 6.45) is 10.9. The average molecular weight is 401 g/mol. The van der Waals surface area contributed by atoms with Gasteiger partial charge in [0.05, 0.1) is 0 Å². The van der Waals surface area contributed by atoms with E-state index < -0.39 is 0 Å². The molecule has 3 unspecified atom stereocenters. The molecule has 0 spiro atoms. The number of nitrogens with one attached hydrogen (secondary N) is 1. The first-order valence-electron chi connectivity index (χ1n) is 12.0. The Bertz CT molecular complexity index is 629. The first-order valence-corrected chi connectivity index (χ1v) is 12.0. The highest BCUT2D eigenvalue weighted by Crippen LogP contribution is 2.47. The minimum absolute atomic E-state index is 0.106. The van der Waals surface area contributed by atoms with Gasteiger partial charge in [0, 0.05) is 31.5 Å². The zero-order chi connectivity index (χ0) is 21.3. The third kappa shape index (κ3) is 6.31. The van der Waals surface area contributed by atoms with Crippen LogP contribution < -0.4 is 5.32 Å². The molecule has 0 saturated heterocycles. The SMILES string of the molecule is CCCCCC(CCC)C1(CC(CCC)NC(C)=O)CN(C)Cc2ccccc21. The standard InChI is InChI=1S/C26H44N2O/c1-6-9-10-16-23(13-7-2)26(18-24(14-8-3)27-21(4)29)20-28(5)19-22-15-11-12-17-25(22)26/h11-12,15,17,23-24H,6-10,13-14,16,18-20H2,1-5H3,(H,27,29). The summed E-state index contributed by atoms with van der Waals surface area (Å²) in [5.41, 5.74) is 3.16. The Morgan fingerprint density at radius 2 is 1.79 bits per heavy atom. The van der Waals surface area contributed by atoms with E-state index in [0.717, 1.165) is 32.4 Å². The molecule has 1 heterocycles. The highest BCUT2D eigenvalue weighted by atomic mass is 16.1. The summed E-state index contributed by atoms with van der Waals surface area (Å²) >= 11 is 0. The third-order valence-corrected chi connectivity index (χ3v) is 6.78. The van der Waals surface area contributed by atoms with E-state index in [9.17, 15) is 4.79 Å². The van der Waals surface area contributed by atoms with Crippen LogP contribution in [0.4, 0.5) is 0 Å². The molecule has 1 aliphatic rings. The first-order chi connectivity index (χ1) is 14.0. The molecule has 164 valence electrons. The van der Waals surface area contributed by atoms with Gasteiger partial charge in [-0.2, -0.15) is 0 Å². The van der Waals surface area contributed by atoms with E-state index in [2.05, 4.69) is 62.3 Å². The van der Waals surface area contributed by atoms with E-state index in [1.807, 2.05) is 0 Å². The maximum atomic E-state index is 12.0. The van der Waals surface area contributed by atoms with Crippen molar-refractivity contribution < 1.29 is 4.79 Å². The van der Waals surface area contributed by atoms with Crippen molar-refractivity contribution in [3.63, 3.8) is 0 Å². The van der Waals surface area contributed by atoms with Crippen LogP contribution in [-0.2, 0) is 16.8 Å². The number of carbonyl (C=O) groups excluding carboxylic acids is 1. The second-order valence-electron chi connectivity index (χ2n) is 9.36. The Morgan fingerprint density at radius 3 is 2.45 bits per heavy atom. The molecule has 3 heteroatoms. The quantitative estimate of drug-likeness (QED) is 0.432. The lowest BCUT2D eigenvalue weighted by Gasteiger charge is -2.50. The second-order valence-corrected chi connectivity index (χ2v) is 9.36. The molecule has 0 radical (unpaired) electrons. The molecule has 0 aromatic heterocycles. The summed E-state index contributed by atoms with van der Waals surface area (Å²) in [6, 6.07) is 9.37. The van der Waals surface area contributed by atoms with Crippen LogP contribution in [0, 0.1) is 5.92 Å². The maximum Gasteiger partial charge on any atom is 0.217 e. The van der Waals surface area contributed by atoms with Crippen LogP contribution in [0.2, 0.25) is 0 Å². The van der Waals surface area contributed by atoms with E-state index in [1.54, 1.807) is 12.5 Å². The van der Waals surface area contributed by atoms with Crippen LogP contribution in [-0.4, -0.2) is 30.4 Å². The van der Waals surface area contributed by atoms with Crippen molar-refractivity contribution in [2.24, 2.45) is 5.92 Å². The Morgan fingerprint density at radius 1 is 1.07 bits per heavy atom. The fourth-order valence-electron chi connectivity index (χ4n) is 5.73. The molecule has 29 heavy (non-hydrogen) atoms. The number of rotatable bonds is 12. The van der Waals surface area contributed by atoms with Crippen LogP contribution in [0.3, 0.4) is 0 Å². The van der Waals surface area contributed by atoms with Crippen molar-refractivity contribution in [3.8, 4) is 0 Å². The second kappa shape index (κ2) is 11.7. The summed E-state index contributed by atoms with van der Waals surface area (Å²) < 4.78 is 0. The van der Waals surface area contributed by atoms with E-state index >= 15 is 0 Å². The number of amides is 1. The van der Waals surface area contributed by atoms with Gasteiger partial charge >= 0.3 is 0 Å². The monoisotopic (exact) mass is 400 g/mol. The van der Waals surface area contributed by atoms with Crippen molar-refractivity contribution >= 4 is 5.91 Å². The van der Waals surface area contributed by atoms with Gasteiger partial charge in [0.15, 0.2) is 0 Å². The predicted octanol–water partition coefficient (Wildman–Crippen LogP) is 6.06. The zero-order valence-electron chi connectivity index (χ0n) is 19.6. The van der Waals surface area contributed by atoms with Crippen LogP contribution in [0.25, 0.3) is 0 Å². The molecular formula is C26H44N2O. The van der Waals surface area contributed by atoms with Crippen molar-refractivity contribution in [3.05, 3.63) is 35.4 Å². The summed E-state index contributed by atoms with van der Waals surface area (Å²) in [6.45, 7) is 10.7. The smallest absolute Gasteiger partial charge is 0.217 e. The zero-order valence-corrected chi connectivity index (χ0v) is 19.6. The topological polar surface area (TPSA) is 32.3 Å². The average Bonchev–Trinajstić information content (AvgIpc) is 2.67. The number of hydrogen-bond acceptors (Lipinski definition) is 2. The number of unbranched alkanes of at least 4 members (excludes halogenated alkanes) is 2. The van der Waals surface area contributed by atoms with Gasteiger partial charge in [-0.1, -0.05) is 77.1 Å². The summed E-state index contributed by atoms with van der Waals surface area (Å²) in [5, 5.41) is 3.31. The van der Waals surface area contributed by atoms with Gasteiger partial charge in [-0.25, -0.2) is 0 Å². The van der Waals surface area contributed by atoms with E-state index in [4.69, 9.17) is 0 Å². The highest BCUT2D eigenvalue weighted by Gasteiger charge is 2.45. The molecule has 1 N–H and O–H groups in total. The Labute approximate surface area is 179 Å². The van der Waals surface area contributed by atoms with Gasteiger partial charge < -0.3 is 10.2 Å². The number of nitrogens with zero attached hydrogens (tertiary/aromatic N) is 1. The normalized spacial score (nSPS) is 21.4. The van der Waals surface area contributed by atoms with Gasteiger partial charge in [0.25, 0.3) is 0 Å². The van der Waals surface area contributed by atoms with Gasteiger partial charge in [0.2, 0.25) is 5.91 Å². The highest BCUT2D eigenvalue weighted by molar-refractivity contribution is 5.73. The van der Waals surface area contributed by atoms with Gasteiger partial charge in [-0.3, -0.25) is 4.79 Å². The van der Waals surface area contributed by atoms with Crippen LogP contribution in [0.15, 0.2) is 24.3 Å². The molecule has 0 bridgehead atoms. The number of carbonyl (C=O) groups is 1. The molecule has 2 rings (SSSR count). The fourth-order valence-corrected chi connectivity index (χ4v) is 5.73. The molecule has 1 aromatic rings. The Kier molecular flexibility index (Phi) is 9.68. The van der Waals surface area contributed by atoms with Crippen LogP contribution in [0.5, 0.6) is 0 Å². The lowest BCUT2D eigenvalue weighted by molar-refractivity contribution is -0.119. The lowest BCUT2D eigenvalue weighted by Crippen LogP contribution is -2.52. The van der Waals surface area contributed by atoms with Gasteiger partial charge in [0.1, 0.15) is 0 Å². The minimum atomic E-state index is 0.106. The van der Waals surface area contributed by atoms with Crippen molar-refractivity contribution in [1.82, 2.24) is 10.2 Å². The summed E-state index contributed by atoms with van der Waals surface area (Å²) in [4.78, 5) is 14.5. The fraction of sp³-hybridized carbons (Fsp3) is 0.731. The third-order valence-electron chi connectivity index (χ3n) is 6.78. The van der Waals surface area contributed by atoms with Crippen molar-refractivity contribution in [2.75, 3.05) is 13.6 Å². The first kappa shape index (κ1) is 23.9. The molecule has 1 amide bonds. The van der Waals surface area contributed by atoms with Gasteiger partial charge in [-0.15, -0.1) is 0 Å². The van der Waals surface area contributed by atoms with E-state index in [1.165, 1.54) is 44.1 Å². The molecule has 1 aliphatic heterocycles. The number of fused-ring (bicyclic) bond motifs is 1. The van der Waals surface area contributed by atoms with Crippen molar-refractivity contribution in [1.29, 1.82) is 0 Å². The molecule has 3 nitrogen and oxygen atoms in total. The van der Waals surface area contributed by atoms with E-state index in [-0.39, 0.29) is 17.4 Å². The van der Waals surface area contributed by atoms with E-state index in [0.29, 0.717) is 5.92 Å². The molecule has 0 saturated carbocycles. The number of hydrogen-bond donors (Lipinski definition) is 1. The lowest BCUT2D eigenvalue weighted by atomic mass is 9.61. The van der Waals surface area contributed by atoms with Crippen LogP contribution >= 0.6 is 0 Å². The molecular weight excluding hydrogens is 356 g/mol. The maximum absolute atomic E-state index is 12.0. The number of benzene rings is 1. The van der Waals surface area contributed by atoms with Gasteiger partial charge in [-0.05, 0) is 49.8 Å². The largest absolute Gasteiger partial charge is 0.354 e. The van der Waals surface area contributed by atoms with Crippen molar-refractivity contribution in [2.45, 2.75) is 103 Å². The number of likely N-dealkylation sites (N-methyl/N-ethyl adjacent to an activating group) is 1. The molecule has 1 aromatic carbocycles. The summed E-state index contributed by atoms with van der Waals surface area (Å²) in [5.74, 6) is 0.769. The molecule has 3 atom stereocenters. The van der Waals surface area contributed by atoms with Crippen LogP contribution in [0.1, 0.15) is 96.6 Å². The molecule has 0 aliphatic carbocycles.